The van der Waals surface area contributed by atoms with E-state index in [-0.39, 0.29) is 13.2 Å². The van der Waals surface area contributed by atoms with Crippen LogP contribution >= 0.6 is 0 Å². The summed E-state index contributed by atoms with van der Waals surface area (Å²) in [6.07, 6.45) is 2.55. The summed E-state index contributed by atoms with van der Waals surface area (Å²) in [6.45, 7) is 13.6. The van der Waals surface area contributed by atoms with Crippen LogP contribution in [0.25, 0.3) is 0 Å². The average molecular weight is 335 g/mol. The number of aliphatic hydroxyl groups excluding tert-OH is 2. The van der Waals surface area contributed by atoms with Gasteiger partial charge in [0.15, 0.2) is 0 Å². The smallest absolute Gasteiger partial charge is 0.0593 e. The predicted octanol–water partition coefficient (Wildman–Crippen LogP) is 0.818. The Balaban J connectivity index is 3.90. The van der Waals surface area contributed by atoms with Gasteiger partial charge in [0.25, 0.3) is 0 Å². The van der Waals surface area contributed by atoms with Crippen molar-refractivity contribution in [1.29, 1.82) is 0 Å². The van der Waals surface area contributed by atoms with Gasteiger partial charge < -0.3 is 24.6 Å². The molecular formula is C17H38N2O4. The summed E-state index contributed by atoms with van der Waals surface area (Å²) in [7, 11) is 0. The van der Waals surface area contributed by atoms with E-state index in [1.165, 1.54) is 0 Å². The van der Waals surface area contributed by atoms with Crippen molar-refractivity contribution in [2.24, 2.45) is 0 Å². The third-order valence-electron chi connectivity index (χ3n) is 3.84. The summed E-state index contributed by atoms with van der Waals surface area (Å²) in [5.41, 5.74) is 0. The van der Waals surface area contributed by atoms with Crippen molar-refractivity contribution in [3.8, 4) is 0 Å². The van der Waals surface area contributed by atoms with Crippen LogP contribution in [0.1, 0.15) is 33.1 Å². The largest absolute Gasteiger partial charge is 0.396 e. The maximum Gasteiger partial charge on any atom is 0.0593 e. The Kier molecular flexibility index (Phi) is 17.9. The molecule has 0 radical (unpaired) electrons. The normalized spacial score (nSPS) is 11.7. The zero-order chi connectivity index (χ0) is 17.2. The first-order valence-corrected chi connectivity index (χ1v) is 9.10. The topological polar surface area (TPSA) is 65.4 Å². The van der Waals surface area contributed by atoms with Gasteiger partial charge in [-0.25, -0.2) is 0 Å². The van der Waals surface area contributed by atoms with Crippen LogP contribution in [0, 0.1) is 0 Å². The van der Waals surface area contributed by atoms with Crippen molar-refractivity contribution < 1.29 is 19.7 Å². The van der Waals surface area contributed by atoms with Gasteiger partial charge in [-0.2, -0.15) is 0 Å². The molecule has 0 aromatic carbocycles. The van der Waals surface area contributed by atoms with E-state index in [1.54, 1.807) is 0 Å². The molecule has 0 bridgehead atoms. The first-order chi connectivity index (χ1) is 11.3. The van der Waals surface area contributed by atoms with Gasteiger partial charge in [-0.15, -0.1) is 0 Å². The molecule has 0 atom stereocenters. The number of aliphatic hydroxyl groups is 2. The molecule has 0 aromatic rings. The van der Waals surface area contributed by atoms with Crippen molar-refractivity contribution in [3.63, 3.8) is 0 Å². The molecule has 0 heterocycles. The lowest BCUT2D eigenvalue weighted by atomic mass is 10.3. The average Bonchev–Trinajstić information content (AvgIpc) is 2.57. The molecule has 0 unspecified atom stereocenters. The predicted molar refractivity (Wildman–Crippen MR) is 93.9 cm³/mol. The standard InChI is InChI=1S/C17H38N2O4/c1-3-18(4-2)8-5-9-19(10-16-22-14-6-12-20)11-17-23-15-7-13-21/h20-21H,3-17H2,1-2H3. The highest BCUT2D eigenvalue weighted by Gasteiger charge is 2.06. The molecule has 140 valence electrons. The van der Waals surface area contributed by atoms with Gasteiger partial charge >= 0.3 is 0 Å². The van der Waals surface area contributed by atoms with E-state index in [0.29, 0.717) is 39.3 Å². The number of hydrogen-bond acceptors (Lipinski definition) is 6. The Labute approximate surface area is 142 Å². The lowest BCUT2D eigenvalue weighted by Crippen LogP contribution is -2.34. The van der Waals surface area contributed by atoms with Crippen molar-refractivity contribution in [3.05, 3.63) is 0 Å². The van der Waals surface area contributed by atoms with Gasteiger partial charge in [0.1, 0.15) is 0 Å². The maximum atomic E-state index is 8.75. The molecule has 0 aliphatic rings. The zero-order valence-corrected chi connectivity index (χ0v) is 15.2. The molecule has 0 aliphatic heterocycles. The number of hydrogen-bond donors (Lipinski definition) is 2. The summed E-state index contributed by atoms with van der Waals surface area (Å²) in [5.74, 6) is 0. The minimum atomic E-state index is 0.187. The lowest BCUT2D eigenvalue weighted by molar-refractivity contribution is 0.0642. The van der Waals surface area contributed by atoms with Gasteiger partial charge in [-0.05, 0) is 45.4 Å². The van der Waals surface area contributed by atoms with Crippen LogP contribution in [0.4, 0.5) is 0 Å². The highest BCUT2D eigenvalue weighted by Crippen LogP contribution is 1.97. The van der Waals surface area contributed by atoms with Gasteiger partial charge in [-0.1, -0.05) is 13.8 Å². The van der Waals surface area contributed by atoms with Crippen LogP contribution in [0.5, 0.6) is 0 Å². The molecule has 0 spiro atoms. The zero-order valence-electron chi connectivity index (χ0n) is 15.2. The molecule has 0 saturated carbocycles. The Morgan fingerprint density at radius 2 is 1.09 bits per heavy atom. The lowest BCUT2D eigenvalue weighted by Gasteiger charge is -2.24. The fraction of sp³-hybridized carbons (Fsp3) is 1.00. The molecule has 0 rings (SSSR count). The second-order valence-electron chi connectivity index (χ2n) is 5.60. The molecule has 0 aromatic heterocycles. The molecular weight excluding hydrogens is 296 g/mol. The van der Waals surface area contributed by atoms with E-state index in [4.69, 9.17) is 19.7 Å². The molecule has 2 N–H and O–H groups in total. The SMILES string of the molecule is CCN(CC)CCCN(CCOCCCO)CCOCCCO. The fourth-order valence-electron chi connectivity index (χ4n) is 2.32. The van der Waals surface area contributed by atoms with Crippen LogP contribution in [-0.4, -0.2) is 98.9 Å². The van der Waals surface area contributed by atoms with Crippen LogP contribution in [0.2, 0.25) is 0 Å². The number of rotatable bonds is 18. The monoisotopic (exact) mass is 334 g/mol. The summed E-state index contributed by atoms with van der Waals surface area (Å²) >= 11 is 0. The van der Waals surface area contributed by atoms with E-state index in [1.807, 2.05) is 0 Å². The quantitative estimate of drug-likeness (QED) is 0.362. The Hall–Kier alpha value is -0.240. The molecule has 0 saturated heterocycles. The van der Waals surface area contributed by atoms with Crippen LogP contribution in [-0.2, 0) is 9.47 Å². The van der Waals surface area contributed by atoms with Crippen molar-refractivity contribution in [2.75, 3.05) is 78.9 Å². The fourth-order valence-corrected chi connectivity index (χ4v) is 2.32. The molecule has 6 heteroatoms. The van der Waals surface area contributed by atoms with E-state index in [9.17, 15) is 0 Å². The minimum Gasteiger partial charge on any atom is -0.396 e. The van der Waals surface area contributed by atoms with Crippen molar-refractivity contribution >= 4 is 0 Å². The molecule has 0 aliphatic carbocycles. The van der Waals surface area contributed by atoms with E-state index >= 15 is 0 Å². The summed E-state index contributed by atoms with van der Waals surface area (Å²) in [6, 6.07) is 0. The molecule has 0 amide bonds. The second kappa shape index (κ2) is 18.1. The van der Waals surface area contributed by atoms with Gasteiger partial charge in [0.05, 0.1) is 13.2 Å². The highest BCUT2D eigenvalue weighted by atomic mass is 16.5. The molecule has 23 heavy (non-hydrogen) atoms. The minimum absolute atomic E-state index is 0.187. The molecule has 0 fully saturated rings. The van der Waals surface area contributed by atoms with Gasteiger partial charge in [0, 0.05) is 39.5 Å². The highest BCUT2D eigenvalue weighted by molar-refractivity contribution is 4.61. The van der Waals surface area contributed by atoms with Crippen LogP contribution in [0.3, 0.4) is 0 Å². The maximum absolute atomic E-state index is 8.75. The summed E-state index contributed by atoms with van der Waals surface area (Å²) in [4.78, 5) is 4.81. The third-order valence-corrected chi connectivity index (χ3v) is 3.84. The van der Waals surface area contributed by atoms with E-state index < -0.39 is 0 Å². The summed E-state index contributed by atoms with van der Waals surface area (Å²) in [5, 5.41) is 17.5. The second-order valence-corrected chi connectivity index (χ2v) is 5.60. The third kappa shape index (κ3) is 15.1. The van der Waals surface area contributed by atoms with Crippen molar-refractivity contribution in [1.82, 2.24) is 9.80 Å². The van der Waals surface area contributed by atoms with Crippen LogP contribution < -0.4 is 0 Å². The Morgan fingerprint density at radius 3 is 1.52 bits per heavy atom. The van der Waals surface area contributed by atoms with Crippen LogP contribution in [0.15, 0.2) is 0 Å². The molecule has 6 nitrogen and oxygen atoms in total. The Morgan fingerprint density at radius 1 is 0.609 bits per heavy atom. The summed E-state index contributed by atoms with van der Waals surface area (Å²) < 4.78 is 11.1. The first-order valence-electron chi connectivity index (χ1n) is 9.10. The van der Waals surface area contributed by atoms with Gasteiger partial charge in [0.2, 0.25) is 0 Å². The van der Waals surface area contributed by atoms with Crippen molar-refractivity contribution in [2.45, 2.75) is 33.1 Å². The van der Waals surface area contributed by atoms with E-state index in [0.717, 1.165) is 45.7 Å². The number of nitrogens with zero attached hydrogens (tertiary/aromatic N) is 2. The Bertz CT molecular complexity index is 215. The van der Waals surface area contributed by atoms with Gasteiger partial charge in [-0.3, -0.25) is 4.90 Å². The van der Waals surface area contributed by atoms with E-state index in [2.05, 4.69) is 23.6 Å². The number of ether oxygens (including phenoxy) is 2. The first kappa shape index (κ1) is 22.8.